The van der Waals surface area contributed by atoms with Crippen LogP contribution in [0.25, 0.3) is 0 Å². The fourth-order valence-corrected chi connectivity index (χ4v) is 6.87. The van der Waals surface area contributed by atoms with Crippen molar-refractivity contribution in [3.63, 3.8) is 0 Å². The summed E-state index contributed by atoms with van der Waals surface area (Å²) in [5.41, 5.74) is 0.420. The van der Waals surface area contributed by atoms with Crippen LogP contribution in [0.5, 0.6) is 0 Å². The third kappa shape index (κ3) is 1.83. The van der Waals surface area contributed by atoms with E-state index in [0.29, 0.717) is 35.2 Å². The summed E-state index contributed by atoms with van der Waals surface area (Å²) in [7, 11) is 0. The summed E-state index contributed by atoms with van der Waals surface area (Å²) in [6.07, 6.45) is 9.53. The molecular formula is C19H28O2. The third-order valence-corrected chi connectivity index (χ3v) is 7.94. The molecule has 116 valence electrons. The minimum absolute atomic E-state index is 0.123. The van der Waals surface area contributed by atoms with Crippen LogP contribution in [-0.2, 0) is 9.59 Å². The highest BCUT2D eigenvalue weighted by Gasteiger charge is 2.60. The highest BCUT2D eigenvalue weighted by molar-refractivity contribution is 5.85. The van der Waals surface area contributed by atoms with Crippen molar-refractivity contribution in [1.29, 1.82) is 0 Å². The molecular weight excluding hydrogens is 260 g/mol. The second kappa shape index (κ2) is 4.43. The molecule has 2 nitrogen and oxygen atoms in total. The van der Waals surface area contributed by atoms with Crippen molar-refractivity contribution in [2.24, 2.45) is 34.5 Å². The van der Waals surface area contributed by atoms with E-state index in [9.17, 15) is 9.59 Å². The maximum atomic E-state index is 13.0. The molecule has 0 aliphatic heterocycles. The van der Waals surface area contributed by atoms with E-state index in [1.807, 2.05) is 0 Å². The number of carbonyl (C=O) groups is 2. The van der Waals surface area contributed by atoms with E-state index in [1.165, 1.54) is 32.1 Å². The zero-order valence-electron chi connectivity index (χ0n) is 13.5. The topological polar surface area (TPSA) is 34.1 Å². The second-order valence-corrected chi connectivity index (χ2v) is 8.96. The number of hydrogen-bond acceptors (Lipinski definition) is 2. The normalized spacial score (nSPS) is 53.0. The molecule has 0 heterocycles. The van der Waals surface area contributed by atoms with Gasteiger partial charge >= 0.3 is 0 Å². The van der Waals surface area contributed by atoms with Gasteiger partial charge in [-0.2, -0.15) is 0 Å². The van der Waals surface area contributed by atoms with Crippen LogP contribution in [0.4, 0.5) is 0 Å². The molecule has 4 fully saturated rings. The summed E-state index contributed by atoms with van der Waals surface area (Å²) in [4.78, 5) is 24.9. The molecule has 0 aromatic heterocycles. The monoisotopic (exact) mass is 288 g/mol. The lowest BCUT2D eigenvalue weighted by molar-refractivity contribution is -0.158. The van der Waals surface area contributed by atoms with Gasteiger partial charge < -0.3 is 0 Å². The predicted octanol–water partition coefficient (Wildman–Crippen LogP) is 4.17. The van der Waals surface area contributed by atoms with Gasteiger partial charge in [-0.15, -0.1) is 0 Å². The number of fused-ring (bicyclic) bond motifs is 5. The Morgan fingerprint density at radius 1 is 1.05 bits per heavy atom. The molecule has 0 aromatic carbocycles. The highest BCUT2D eigenvalue weighted by atomic mass is 16.1. The van der Waals surface area contributed by atoms with E-state index in [-0.39, 0.29) is 11.3 Å². The quantitative estimate of drug-likeness (QED) is 0.670. The minimum Gasteiger partial charge on any atom is -0.300 e. The molecule has 0 amide bonds. The van der Waals surface area contributed by atoms with Gasteiger partial charge in [-0.3, -0.25) is 9.59 Å². The Morgan fingerprint density at radius 2 is 1.86 bits per heavy atom. The molecule has 0 radical (unpaired) electrons. The lowest BCUT2D eigenvalue weighted by atomic mass is 9.45. The molecule has 4 aliphatic carbocycles. The number of Topliss-reactive ketones (excluding diaryl/α,β-unsaturated/α-hetero) is 2. The summed E-state index contributed by atoms with van der Waals surface area (Å²) >= 11 is 0. The highest BCUT2D eigenvalue weighted by Crippen LogP contribution is 2.64. The van der Waals surface area contributed by atoms with Crippen molar-refractivity contribution in [1.82, 2.24) is 0 Å². The van der Waals surface area contributed by atoms with Gasteiger partial charge in [-0.25, -0.2) is 0 Å². The van der Waals surface area contributed by atoms with Crippen molar-refractivity contribution >= 4 is 11.6 Å². The Kier molecular flexibility index (Phi) is 2.94. The molecule has 4 saturated carbocycles. The van der Waals surface area contributed by atoms with Crippen molar-refractivity contribution in [2.75, 3.05) is 0 Å². The van der Waals surface area contributed by atoms with Gasteiger partial charge in [-0.1, -0.05) is 20.3 Å². The van der Waals surface area contributed by atoms with Crippen LogP contribution in [0.15, 0.2) is 0 Å². The number of carbonyl (C=O) groups excluding carboxylic acids is 2. The Morgan fingerprint density at radius 3 is 2.67 bits per heavy atom. The average Bonchev–Trinajstić information content (AvgIpc) is 2.80. The first-order valence-corrected chi connectivity index (χ1v) is 8.98. The number of ketones is 2. The summed E-state index contributed by atoms with van der Waals surface area (Å²) in [6, 6.07) is 0. The molecule has 0 aromatic rings. The van der Waals surface area contributed by atoms with E-state index in [4.69, 9.17) is 0 Å². The van der Waals surface area contributed by atoms with Crippen LogP contribution in [0.1, 0.15) is 71.6 Å². The van der Waals surface area contributed by atoms with Gasteiger partial charge in [0.25, 0.3) is 0 Å². The molecule has 4 aliphatic rings. The first-order chi connectivity index (χ1) is 9.94. The van der Waals surface area contributed by atoms with Crippen LogP contribution in [-0.4, -0.2) is 11.6 Å². The molecule has 21 heavy (non-hydrogen) atoms. The summed E-state index contributed by atoms with van der Waals surface area (Å²) < 4.78 is 0. The third-order valence-electron chi connectivity index (χ3n) is 7.94. The summed E-state index contributed by atoms with van der Waals surface area (Å²) in [5.74, 6) is 3.12. The molecule has 6 unspecified atom stereocenters. The van der Waals surface area contributed by atoms with Gasteiger partial charge in [0, 0.05) is 25.2 Å². The van der Waals surface area contributed by atoms with Crippen LogP contribution >= 0.6 is 0 Å². The first-order valence-electron chi connectivity index (χ1n) is 8.98. The predicted molar refractivity (Wildman–Crippen MR) is 81.7 cm³/mol. The van der Waals surface area contributed by atoms with Gasteiger partial charge in [0.2, 0.25) is 0 Å². The minimum atomic E-state index is 0.123. The van der Waals surface area contributed by atoms with Crippen molar-refractivity contribution < 1.29 is 9.59 Å². The van der Waals surface area contributed by atoms with Crippen LogP contribution in [0, 0.1) is 34.5 Å². The van der Waals surface area contributed by atoms with Crippen LogP contribution < -0.4 is 0 Å². The second-order valence-electron chi connectivity index (χ2n) is 8.96. The fraction of sp³-hybridized carbons (Fsp3) is 0.895. The van der Waals surface area contributed by atoms with E-state index in [0.717, 1.165) is 25.2 Å². The standard InChI is InChI=1S/C19H28O2/c1-18-8-3-4-15(18)14-6-5-12-10-13(20)7-9-19(12,2)17(14)16(21)11-18/h12,14-15,17H,3-11H2,1-2H3. The molecule has 0 spiro atoms. The Hall–Kier alpha value is -0.660. The maximum Gasteiger partial charge on any atom is 0.137 e. The van der Waals surface area contributed by atoms with E-state index in [1.54, 1.807) is 0 Å². The largest absolute Gasteiger partial charge is 0.300 e. The van der Waals surface area contributed by atoms with E-state index < -0.39 is 0 Å². The number of rotatable bonds is 0. The zero-order chi connectivity index (χ0) is 14.8. The molecule has 0 bridgehead atoms. The fourth-order valence-electron chi connectivity index (χ4n) is 6.87. The van der Waals surface area contributed by atoms with Gasteiger partial charge in [0.15, 0.2) is 0 Å². The zero-order valence-corrected chi connectivity index (χ0v) is 13.5. The smallest absolute Gasteiger partial charge is 0.137 e. The van der Waals surface area contributed by atoms with Crippen molar-refractivity contribution in [3.8, 4) is 0 Å². The van der Waals surface area contributed by atoms with Gasteiger partial charge in [-0.05, 0) is 60.7 Å². The Bertz CT molecular complexity index is 496. The molecule has 0 saturated heterocycles. The lowest BCUT2D eigenvalue weighted by Crippen LogP contribution is -2.56. The van der Waals surface area contributed by atoms with Crippen molar-refractivity contribution in [3.05, 3.63) is 0 Å². The van der Waals surface area contributed by atoms with Crippen LogP contribution in [0.3, 0.4) is 0 Å². The molecule has 0 N–H and O–H groups in total. The maximum absolute atomic E-state index is 13.0. The van der Waals surface area contributed by atoms with Crippen molar-refractivity contribution in [2.45, 2.75) is 71.6 Å². The Balaban J connectivity index is 1.70. The van der Waals surface area contributed by atoms with Crippen LogP contribution in [0.2, 0.25) is 0 Å². The summed E-state index contributed by atoms with van der Waals surface area (Å²) in [6.45, 7) is 4.72. The molecule has 2 heteroatoms. The first kappa shape index (κ1) is 14.0. The van der Waals surface area contributed by atoms with E-state index in [2.05, 4.69) is 13.8 Å². The number of hydrogen-bond donors (Lipinski definition) is 0. The van der Waals surface area contributed by atoms with Gasteiger partial charge in [0.05, 0.1) is 0 Å². The lowest BCUT2D eigenvalue weighted by Gasteiger charge is -2.58. The van der Waals surface area contributed by atoms with Gasteiger partial charge in [0.1, 0.15) is 11.6 Å². The van der Waals surface area contributed by atoms with E-state index >= 15 is 0 Å². The molecule has 6 atom stereocenters. The molecule has 4 rings (SSSR count). The summed E-state index contributed by atoms with van der Waals surface area (Å²) in [5, 5.41) is 0. The SMILES string of the molecule is CC12CCCC1C1CCC3CC(=O)CCC3(C)C1C(=O)C2. The Labute approximate surface area is 128 Å². The average molecular weight is 288 g/mol.